The van der Waals surface area contributed by atoms with Gasteiger partial charge < -0.3 is 10.1 Å². The summed E-state index contributed by atoms with van der Waals surface area (Å²) in [6.07, 6.45) is 0. The molecule has 0 spiro atoms. The van der Waals surface area contributed by atoms with Crippen LogP contribution < -0.4 is 10.1 Å². The number of anilines is 1. The number of methoxy groups -OCH3 is 1. The molecule has 4 nitrogen and oxygen atoms in total. The van der Waals surface area contributed by atoms with Gasteiger partial charge in [0.1, 0.15) is 11.6 Å². The average molecular weight is 268 g/mol. The zero-order valence-electron chi connectivity index (χ0n) is 10.8. The number of ether oxygens (including phenoxy) is 1. The lowest BCUT2D eigenvalue weighted by Crippen LogP contribution is -2.05. The molecule has 0 fully saturated rings. The minimum Gasteiger partial charge on any atom is -0.496 e. The summed E-state index contributed by atoms with van der Waals surface area (Å²) >= 11 is 0. The van der Waals surface area contributed by atoms with Crippen molar-refractivity contribution in [3.05, 3.63) is 41.6 Å². The number of rotatable bonds is 4. The van der Waals surface area contributed by atoms with Crippen LogP contribution in [0.15, 0.2) is 30.3 Å². The summed E-state index contributed by atoms with van der Waals surface area (Å²) in [5, 5.41) is 7.63. The van der Waals surface area contributed by atoms with Crippen LogP contribution in [0.4, 0.5) is 5.82 Å². The normalized spacial score (nSPS) is 9.72. The Bertz CT molecular complexity index is 511. The van der Waals surface area contributed by atoms with Crippen molar-refractivity contribution in [1.82, 2.24) is 9.78 Å². The highest BCUT2D eigenvalue weighted by molar-refractivity contribution is 5.85. The van der Waals surface area contributed by atoms with Crippen LogP contribution in [0, 0.1) is 6.92 Å². The molecule has 0 radical (unpaired) electrons. The summed E-state index contributed by atoms with van der Waals surface area (Å²) in [4.78, 5) is 0. The molecule has 1 N–H and O–H groups in total. The number of nitrogens with one attached hydrogen (secondary N) is 1. The van der Waals surface area contributed by atoms with E-state index in [0.29, 0.717) is 0 Å². The minimum absolute atomic E-state index is 0. The number of aryl methyl sites for hydroxylation is 2. The fourth-order valence-electron chi connectivity index (χ4n) is 1.81. The zero-order valence-corrected chi connectivity index (χ0v) is 11.6. The molecule has 0 atom stereocenters. The first-order valence-corrected chi connectivity index (χ1v) is 5.57. The summed E-state index contributed by atoms with van der Waals surface area (Å²) < 4.78 is 7.14. The number of hydrogen-bond donors (Lipinski definition) is 1. The van der Waals surface area contributed by atoms with Gasteiger partial charge in [-0.15, -0.1) is 12.4 Å². The molecule has 0 unspecified atom stereocenters. The van der Waals surface area contributed by atoms with Crippen LogP contribution in [-0.4, -0.2) is 16.9 Å². The lowest BCUT2D eigenvalue weighted by Gasteiger charge is -2.10. The first-order valence-electron chi connectivity index (χ1n) is 5.57. The molecule has 0 amide bonds. The van der Waals surface area contributed by atoms with Crippen molar-refractivity contribution in [2.45, 2.75) is 13.5 Å². The van der Waals surface area contributed by atoms with Gasteiger partial charge >= 0.3 is 0 Å². The van der Waals surface area contributed by atoms with Crippen molar-refractivity contribution in [1.29, 1.82) is 0 Å². The predicted octanol–water partition coefficient (Wildman–Crippen LogP) is 2.77. The lowest BCUT2D eigenvalue weighted by molar-refractivity contribution is 0.410. The number of halogens is 1. The van der Waals surface area contributed by atoms with Gasteiger partial charge in [0.05, 0.1) is 12.8 Å². The molecule has 0 bridgehead atoms. The predicted molar refractivity (Wildman–Crippen MR) is 75.5 cm³/mol. The molecule has 1 heterocycles. The number of aromatic nitrogens is 2. The molecule has 2 aromatic rings. The van der Waals surface area contributed by atoms with Crippen LogP contribution in [0.3, 0.4) is 0 Å². The van der Waals surface area contributed by atoms with Crippen molar-refractivity contribution < 1.29 is 4.74 Å². The highest BCUT2D eigenvalue weighted by Gasteiger charge is 2.04. The molecule has 18 heavy (non-hydrogen) atoms. The fourth-order valence-corrected chi connectivity index (χ4v) is 1.81. The van der Waals surface area contributed by atoms with Crippen LogP contribution in [0.5, 0.6) is 5.75 Å². The molecule has 0 aliphatic rings. The van der Waals surface area contributed by atoms with E-state index in [9.17, 15) is 0 Å². The van der Waals surface area contributed by atoms with Gasteiger partial charge in [-0.3, -0.25) is 4.68 Å². The SMILES string of the molecule is COc1ccccc1CNc1cc(C)nn1C.Cl. The van der Waals surface area contributed by atoms with E-state index in [4.69, 9.17) is 4.74 Å². The van der Waals surface area contributed by atoms with E-state index in [0.717, 1.165) is 29.4 Å². The summed E-state index contributed by atoms with van der Waals surface area (Å²) in [6, 6.07) is 10.0. The number of hydrogen-bond acceptors (Lipinski definition) is 3. The van der Waals surface area contributed by atoms with E-state index < -0.39 is 0 Å². The largest absolute Gasteiger partial charge is 0.496 e. The number of benzene rings is 1. The van der Waals surface area contributed by atoms with Crippen molar-refractivity contribution in [2.24, 2.45) is 7.05 Å². The molecule has 0 aliphatic heterocycles. The first kappa shape index (κ1) is 14.4. The summed E-state index contributed by atoms with van der Waals surface area (Å²) in [6.45, 7) is 2.71. The fraction of sp³-hybridized carbons (Fsp3) is 0.308. The van der Waals surface area contributed by atoms with Gasteiger partial charge in [0.2, 0.25) is 0 Å². The summed E-state index contributed by atoms with van der Waals surface area (Å²) in [5.74, 6) is 1.91. The third-order valence-corrected chi connectivity index (χ3v) is 2.65. The molecular weight excluding hydrogens is 250 g/mol. The monoisotopic (exact) mass is 267 g/mol. The van der Waals surface area contributed by atoms with Gasteiger partial charge in [0.25, 0.3) is 0 Å². The van der Waals surface area contributed by atoms with E-state index in [1.807, 2.05) is 42.9 Å². The van der Waals surface area contributed by atoms with Gasteiger partial charge in [-0.2, -0.15) is 5.10 Å². The van der Waals surface area contributed by atoms with Crippen LogP contribution >= 0.6 is 12.4 Å². The maximum Gasteiger partial charge on any atom is 0.124 e. The molecule has 5 heteroatoms. The Labute approximate surface area is 113 Å². The Hall–Kier alpha value is -1.68. The van der Waals surface area contributed by atoms with E-state index in [-0.39, 0.29) is 12.4 Å². The van der Waals surface area contributed by atoms with Crippen molar-refractivity contribution in [3.8, 4) is 5.75 Å². The zero-order chi connectivity index (χ0) is 12.3. The number of para-hydroxylation sites is 1. The van der Waals surface area contributed by atoms with Crippen LogP contribution in [0.1, 0.15) is 11.3 Å². The lowest BCUT2D eigenvalue weighted by atomic mass is 10.2. The molecular formula is C13H18ClN3O. The number of nitrogens with zero attached hydrogens (tertiary/aromatic N) is 2. The Morgan fingerprint density at radius 1 is 1.33 bits per heavy atom. The highest BCUT2D eigenvalue weighted by Crippen LogP contribution is 2.19. The maximum absolute atomic E-state index is 5.31. The Morgan fingerprint density at radius 2 is 2.06 bits per heavy atom. The molecule has 0 saturated heterocycles. The van der Waals surface area contributed by atoms with Crippen LogP contribution in [0.2, 0.25) is 0 Å². The van der Waals surface area contributed by atoms with Crippen LogP contribution in [-0.2, 0) is 13.6 Å². The molecule has 98 valence electrons. The second-order valence-electron chi connectivity index (χ2n) is 3.96. The van der Waals surface area contributed by atoms with Crippen molar-refractivity contribution in [2.75, 3.05) is 12.4 Å². The van der Waals surface area contributed by atoms with Gasteiger partial charge in [-0.05, 0) is 13.0 Å². The topological polar surface area (TPSA) is 39.1 Å². The summed E-state index contributed by atoms with van der Waals surface area (Å²) in [7, 11) is 3.62. The van der Waals surface area contributed by atoms with Gasteiger partial charge in [-0.1, -0.05) is 18.2 Å². The second-order valence-corrected chi connectivity index (χ2v) is 3.96. The third kappa shape index (κ3) is 3.17. The van der Waals surface area contributed by atoms with Gasteiger partial charge in [-0.25, -0.2) is 0 Å². The Kier molecular flexibility index (Phi) is 5.04. The van der Waals surface area contributed by atoms with E-state index in [2.05, 4.69) is 16.5 Å². The van der Waals surface area contributed by atoms with E-state index >= 15 is 0 Å². The standard InChI is InChI=1S/C13H17N3O.ClH/c1-10-8-13(16(2)15-10)14-9-11-6-4-5-7-12(11)17-3;/h4-8,14H,9H2,1-3H3;1H. The highest BCUT2D eigenvalue weighted by atomic mass is 35.5. The second kappa shape index (κ2) is 6.31. The van der Waals surface area contributed by atoms with Crippen molar-refractivity contribution in [3.63, 3.8) is 0 Å². The summed E-state index contributed by atoms with van der Waals surface area (Å²) in [5.41, 5.74) is 2.14. The van der Waals surface area contributed by atoms with Gasteiger partial charge in [0.15, 0.2) is 0 Å². The average Bonchev–Trinajstić information content (AvgIpc) is 2.65. The minimum atomic E-state index is 0. The van der Waals surface area contributed by atoms with Crippen molar-refractivity contribution >= 4 is 18.2 Å². The van der Waals surface area contributed by atoms with Crippen LogP contribution in [0.25, 0.3) is 0 Å². The first-order chi connectivity index (χ1) is 8.20. The molecule has 2 rings (SSSR count). The van der Waals surface area contributed by atoms with E-state index in [1.165, 1.54) is 0 Å². The Balaban J connectivity index is 0.00000162. The Morgan fingerprint density at radius 3 is 2.67 bits per heavy atom. The molecule has 0 saturated carbocycles. The molecule has 1 aromatic heterocycles. The smallest absolute Gasteiger partial charge is 0.124 e. The van der Waals surface area contributed by atoms with Gasteiger partial charge in [0, 0.05) is 25.2 Å². The quantitative estimate of drug-likeness (QED) is 0.926. The van der Waals surface area contributed by atoms with E-state index in [1.54, 1.807) is 7.11 Å². The third-order valence-electron chi connectivity index (χ3n) is 2.65. The maximum atomic E-state index is 5.31. The molecule has 1 aromatic carbocycles. The molecule has 0 aliphatic carbocycles.